The van der Waals surface area contributed by atoms with E-state index in [4.69, 9.17) is 21.6 Å². The van der Waals surface area contributed by atoms with Crippen LogP contribution in [0.15, 0.2) is 59.2 Å². The maximum Gasteiger partial charge on any atom is 0.0922 e. The highest BCUT2D eigenvalue weighted by Gasteiger charge is 2.61. The predicted octanol–water partition coefficient (Wildman–Crippen LogP) is 7.39. The maximum absolute atomic E-state index is 9.00. The van der Waals surface area contributed by atoms with Crippen molar-refractivity contribution in [2.24, 2.45) is 40.1 Å². The Morgan fingerprint density at radius 2 is 2.03 bits per heavy atom. The monoisotopic (exact) mass is 473 g/mol. The minimum atomic E-state index is -0.298. The van der Waals surface area contributed by atoms with Crippen molar-refractivity contribution < 1.29 is 9.47 Å². The van der Waals surface area contributed by atoms with Crippen molar-refractivity contribution in [3.05, 3.63) is 70.1 Å². The largest absolute Gasteiger partial charge is 0.373 e. The molecule has 4 fully saturated rings. The van der Waals surface area contributed by atoms with E-state index < -0.39 is 0 Å². The Bertz CT molecular complexity index is 1060. The standard InChI is InChI=1S/C30H39N3O2/c1-19-26-16-27-25(24(26)12-14-30(19)20(2)28(18-35-30)32-33-31)10-9-22-15-23(11-13-29(22,27)3)34-17-21-7-5-4-6-8-21/h4-9,20,23-28H,1,10-18H2,2-3H3/t20-,23+,24+,25+,26+,27+,28-,29+,30+/m1/s1. The van der Waals surface area contributed by atoms with E-state index in [2.05, 4.69) is 60.3 Å². The fourth-order valence-electron chi connectivity index (χ4n) is 8.82. The van der Waals surface area contributed by atoms with E-state index in [9.17, 15) is 0 Å². The van der Waals surface area contributed by atoms with Gasteiger partial charge in [-0.05, 0) is 96.6 Å². The lowest BCUT2D eigenvalue weighted by atomic mass is 9.56. The highest BCUT2D eigenvalue weighted by atomic mass is 16.5. The molecule has 4 aliphatic carbocycles. The summed E-state index contributed by atoms with van der Waals surface area (Å²) >= 11 is 0. The third-order valence-electron chi connectivity index (χ3n) is 10.9. The Morgan fingerprint density at radius 1 is 1.20 bits per heavy atom. The average Bonchev–Trinajstić information content (AvgIpc) is 3.41. The van der Waals surface area contributed by atoms with E-state index in [-0.39, 0.29) is 23.0 Å². The molecule has 1 aliphatic heterocycles. The number of rotatable bonds is 4. The Labute approximate surface area is 209 Å². The smallest absolute Gasteiger partial charge is 0.0922 e. The van der Waals surface area contributed by atoms with Crippen LogP contribution in [0.3, 0.4) is 0 Å². The lowest BCUT2D eigenvalue weighted by Gasteiger charge is -2.50. The second-order valence-electron chi connectivity index (χ2n) is 12.1. The zero-order chi connectivity index (χ0) is 24.2. The zero-order valence-corrected chi connectivity index (χ0v) is 21.2. The minimum Gasteiger partial charge on any atom is -0.373 e. The molecule has 0 unspecified atom stereocenters. The molecule has 5 aliphatic rings. The Hall–Kier alpha value is -2.07. The molecule has 0 radical (unpaired) electrons. The molecule has 0 amide bonds. The summed E-state index contributed by atoms with van der Waals surface area (Å²) in [7, 11) is 0. The van der Waals surface area contributed by atoms with Crippen molar-refractivity contribution in [2.75, 3.05) is 6.61 Å². The van der Waals surface area contributed by atoms with Gasteiger partial charge in [-0.25, -0.2) is 0 Å². The Balaban J connectivity index is 1.16. The molecule has 1 spiro atoms. The first-order chi connectivity index (χ1) is 17.0. The first-order valence-electron chi connectivity index (χ1n) is 13.7. The second-order valence-corrected chi connectivity index (χ2v) is 12.1. The van der Waals surface area contributed by atoms with Gasteiger partial charge in [-0.3, -0.25) is 0 Å². The second kappa shape index (κ2) is 8.80. The van der Waals surface area contributed by atoms with E-state index >= 15 is 0 Å². The van der Waals surface area contributed by atoms with E-state index in [1.165, 1.54) is 36.8 Å². The quantitative estimate of drug-likeness (QED) is 0.198. The third-order valence-corrected chi connectivity index (χ3v) is 10.9. The molecule has 1 aromatic rings. The molecule has 0 bridgehead atoms. The molecule has 35 heavy (non-hydrogen) atoms. The fourth-order valence-corrected chi connectivity index (χ4v) is 8.82. The van der Waals surface area contributed by atoms with Crippen molar-refractivity contribution in [1.82, 2.24) is 0 Å². The van der Waals surface area contributed by atoms with Gasteiger partial charge in [0.15, 0.2) is 0 Å². The molecule has 186 valence electrons. The number of azide groups is 1. The molecular formula is C30H39N3O2. The molecular weight excluding hydrogens is 434 g/mol. The summed E-state index contributed by atoms with van der Waals surface area (Å²) < 4.78 is 12.8. The molecule has 1 saturated heterocycles. The van der Waals surface area contributed by atoms with Gasteiger partial charge < -0.3 is 9.47 Å². The number of benzene rings is 1. The molecule has 9 atom stereocenters. The van der Waals surface area contributed by atoms with Crippen molar-refractivity contribution in [2.45, 2.75) is 83.1 Å². The highest BCUT2D eigenvalue weighted by Crippen LogP contribution is 2.66. The fraction of sp³-hybridized carbons (Fsp3) is 0.667. The summed E-state index contributed by atoms with van der Waals surface area (Å²) in [5.74, 6) is 2.94. The number of nitrogens with zero attached hydrogens (tertiary/aromatic N) is 3. The normalized spacial score (nSPS) is 44.2. The van der Waals surface area contributed by atoms with E-state index in [0.29, 0.717) is 31.2 Å². The van der Waals surface area contributed by atoms with Gasteiger partial charge in [0.2, 0.25) is 0 Å². The lowest BCUT2D eigenvalue weighted by Crippen LogP contribution is -2.46. The predicted molar refractivity (Wildman–Crippen MR) is 137 cm³/mol. The molecule has 5 heteroatoms. The summed E-state index contributed by atoms with van der Waals surface area (Å²) in [4.78, 5) is 3.09. The third kappa shape index (κ3) is 3.62. The van der Waals surface area contributed by atoms with Gasteiger partial charge in [0, 0.05) is 4.91 Å². The van der Waals surface area contributed by atoms with Gasteiger partial charge in [0.25, 0.3) is 0 Å². The Kier molecular flexibility index (Phi) is 5.86. The molecule has 3 saturated carbocycles. The van der Waals surface area contributed by atoms with Crippen LogP contribution in [0.4, 0.5) is 0 Å². The van der Waals surface area contributed by atoms with Crippen LogP contribution in [-0.2, 0) is 16.1 Å². The topological polar surface area (TPSA) is 67.2 Å². The molecule has 0 aromatic heterocycles. The van der Waals surface area contributed by atoms with Crippen LogP contribution >= 0.6 is 0 Å². The van der Waals surface area contributed by atoms with Crippen molar-refractivity contribution in [3.63, 3.8) is 0 Å². The highest BCUT2D eigenvalue weighted by molar-refractivity contribution is 5.32. The lowest BCUT2D eigenvalue weighted by molar-refractivity contribution is -0.0275. The van der Waals surface area contributed by atoms with E-state index in [0.717, 1.165) is 31.1 Å². The summed E-state index contributed by atoms with van der Waals surface area (Å²) in [6, 6.07) is 10.5. The average molecular weight is 474 g/mol. The van der Waals surface area contributed by atoms with Gasteiger partial charge in [-0.2, -0.15) is 0 Å². The van der Waals surface area contributed by atoms with Crippen LogP contribution in [0.5, 0.6) is 0 Å². The maximum atomic E-state index is 9.00. The number of allylic oxidation sites excluding steroid dienone is 1. The summed E-state index contributed by atoms with van der Waals surface area (Å²) in [6.07, 6.45) is 11.1. The van der Waals surface area contributed by atoms with Crippen molar-refractivity contribution in [1.29, 1.82) is 0 Å². The van der Waals surface area contributed by atoms with Crippen molar-refractivity contribution in [3.8, 4) is 0 Å². The number of hydrogen-bond donors (Lipinski definition) is 0. The van der Waals surface area contributed by atoms with Crippen LogP contribution < -0.4 is 0 Å². The van der Waals surface area contributed by atoms with Gasteiger partial charge in [-0.1, -0.05) is 67.5 Å². The molecule has 1 heterocycles. The molecule has 1 aromatic carbocycles. The van der Waals surface area contributed by atoms with Crippen molar-refractivity contribution >= 4 is 0 Å². The van der Waals surface area contributed by atoms with Crippen LogP contribution in [-0.4, -0.2) is 24.4 Å². The van der Waals surface area contributed by atoms with E-state index in [1.54, 1.807) is 5.57 Å². The zero-order valence-electron chi connectivity index (χ0n) is 21.2. The first kappa shape index (κ1) is 23.3. The first-order valence-corrected chi connectivity index (χ1v) is 13.7. The number of fused-ring (bicyclic) bond motifs is 5. The minimum absolute atomic E-state index is 0.0751. The summed E-state index contributed by atoms with van der Waals surface area (Å²) in [5, 5.41) is 4.05. The summed E-state index contributed by atoms with van der Waals surface area (Å²) in [5.41, 5.74) is 13.2. The van der Waals surface area contributed by atoms with Crippen LogP contribution in [0.2, 0.25) is 0 Å². The van der Waals surface area contributed by atoms with Crippen LogP contribution in [0.25, 0.3) is 10.4 Å². The van der Waals surface area contributed by atoms with Gasteiger partial charge in [0.05, 0.1) is 31.0 Å². The van der Waals surface area contributed by atoms with Gasteiger partial charge in [0.1, 0.15) is 0 Å². The number of ether oxygens (including phenoxy) is 2. The van der Waals surface area contributed by atoms with E-state index in [1.807, 2.05) is 0 Å². The van der Waals surface area contributed by atoms with Crippen LogP contribution in [0, 0.1) is 35.0 Å². The van der Waals surface area contributed by atoms with Crippen LogP contribution in [0.1, 0.15) is 64.4 Å². The summed E-state index contributed by atoms with van der Waals surface area (Å²) in [6.45, 7) is 10.7. The molecule has 6 rings (SSSR count). The Morgan fingerprint density at radius 3 is 2.83 bits per heavy atom. The SMILES string of the molecule is C=C1[C@@H]2C[C@H]3[C@@H](CC=C4C[C@@H](OCc5ccccc5)CC[C@@]43C)[C@@H]2CC[C@]12OC[C@@H](N=[N+]=[N-])[C@H]2C. The van der Waals surface area contributed by atoms with Gasteiger partial charge in [-0.15, -0.1) is 0 Å². The molecule has 0 N–H and O–H groups in total. The number of hydrogen-bond acceptors (Lipinski definition) is 3. The molecule has 5 nitrogen and oxygen atoms in total. The van der Waals surface area contributed by atoms with Gasteiger partial charge >= 0.3 is 0 Å².